The quantitative estimate of drug-likeness (QED) is 0.536. The fourth-order valence-electron chi connectivity index (χ4n) is 0.200. The molecule has 53 valence electrons. The Hall–Kier alpha value is 0.0223. The van der Waals surface area contributed by atoms with Crippen LogP contribution in [0.5, 0.6) is 0 Å². The van der Waals surface area contributed by atoms with Crippen molar-refractivity contribution in [1.82, 2.24) is 5.32 Å². The SMILES string of the molecule is [CH2-]CC(=S)NC(N)=O.[Re]. The van der Waals surface area contributed by atoms with E-state index in [0.717, 1.165) is 0 Å². The third-order valence-electron chi connectivity index (χ3n) is 0.490. The first-order chi connectivity index (χ1) is 3.66. The Balaban J connectivity index is 0. The molecular weight excluding hydrogens is 310 g/mol. The van der Waals surface area contributed by atoms with Crippen molar-refractivity contribution in [2.75, 3.05) is 0 Å². The zero-order chi connectivity index (χ0) is 6.57. The molecule has 0 aliphatic rings. The molecule has 0 fully saturated rings. The molecule has 1 radical (unpaired) electrons. The van der Waals surface area contributed by atoms with Crippen molar-refractivity contribution in [1.29, 1.82) is 0 Å². The minimum Gasteiger partial charge on any atom is -0.351 e. The summed E-state index contributed by atoms with van der Waals surface area (Å²) in [5.41, 5.74) is 4.70. The van der Waals surface area contributed by atoms with Crippen LogP contribution in [0.4, 0.5) is 4.79 Å². The Morgan fingerprint density at radius 3 is 2.33 bits per heavy atom. The molecule has 0 aromatic rings. The summed E-state index contributed by atoms with van der Waals surface area (Å²) in [5, 5.41) is 2.20. The maximum absolute atomic E-state index is 9.96. The zero-order valence-corrected chi connectivity index (χ0v) is 8.22. The minimum atomic E-state index is -0.626. The number of rotatable bonds is 1. The molecule has 2 amide bonds. The van der Waals surface area contributed by atoms with Crippen LogP contribution in [-0.4, -0.2) is 11.0 Å². The molecule has 0 aliphatic carbocycles. The van der Waals surface area contributed by atoms with Gasteiger partial charge in [0.2, 0.25) is 0 Å². The molecule has 9 heavy (non-hydrogen) atoms. The van der Waals surface area contributed by atoms with Gasteiger partial charge in [-0.3, -0.25) is 0 Å². The Labute approximate surface area is 73.0 Å². The zero-order valence-electron chi connectivity index (χ0n) is 4.69. The Bertz CT molecular complexity index is 117. The van der Waals surface area contributed by atoms with Crippen LogP contribution >= 0.6 is 12.2 Å². The first-order valence-electron chi connectivity index (χ1n) is 2.05. The van der Waals surface area contributed by atoms with E-state index in [9.17, 15) is 4.79 Å². The number of carbonyl (C=O) groups excluding carboxylic acids is 1. The average molecular weight is 317 g/mol. The van der Waals surface area contributed by atoms with Gasteiger partial charge in [0, 0.05) is 20.4 Å². The molecule has 0 saturated heterocycles. The third kappa shape index (κ3) is 8.02. The van der Waals surface area contributed by atoms with Gasteiger partial charge in [-0.1, -0.05) is 12.2 Å². The summed E-state index contributed by atoms with van der Waals surface area (Å²) in [4.78, 5) is 10.3. The van der Waals surface area contributed by atoms with E-state index in [1.54, 1.807) is 0 Å². The van der Waals surface area contributed by atoms with E-state index in [-0.39, 0.29) is 20.4 Å². The van der Waals surface area contributed by atoms with E-state index in [4.69, 9.17) is 5.73 Å². The van der Waals surface area contributed by atoms with E-state index in [1.165, 1.54) is 0 Å². The fraction of sp³-hybridized carbons (Fsp3) is 0.250. The van der Waals surface area contributed by atoms with Crippen molar-refractivity contribution in [3.8, 4) is 0 Å². The van der Waals surface area contributed by atoms with Crippen LogP contribution in [0.15, 0.2) is 0 Å². The van der Waals surface area contributed by atoms with Crippen LogP contribution in [0.3, 0.4) is 0 Å². The first kappa shape index (κ1) is 11.8. The summed E-state index contributed by atoms with van der Waals surface area (Å²) in [6.07, 6.45) is 0.401. The van der Waals surface area contributed by atoms with Crippen LogP contribution in [0.1, 0.15) is 6.42 Å². The molecule has 3 nitrogen and oxygen atoms in total. The number of hydrogen-bond acceptors (Lipinski definition) is 2. The molecule has 0 aromatic carbocycles. The summed E-state index contributed by atoms with van der Waals surface area (Å²) >= 11 is 4.56. The molecule has 0 saturated carbocycles. The topological polar surface area (TPSA) is 55.1 Å². The van der Waals surface area contributed by atoms with E-state index in [2.05, 4.69) is 24.5 Å². The van der Waals surface area contributed by atoms with Gasteiger partial charge in [0.15, 0.2) is 0 Å². The van der Waals surface area contributed by atoms with Crippen LogP contribution in [0.25, 0.3) is 0 Å². The van der Waals surface area contributed by atoms with Crippen LogP contribution < -0.4 is 11.1 Å². The van der Waals surface area contributed by atoms with Crippen molar-refractivity contribution < 1.29 is 25.2 Å². The molecule has 0 atom stereocenters. The van der Waals surface area contributed by atoms with Crippen LogP contribution in [0, 0.1) is 6.92 Å². The Morgan fingerprint density at radius 1 is 1.78 bits per heavy atom. The van der Waals surface area contributed by atoms with Gasteiger partial charge >= 0.3 is 6.03 Å². The minimum absolute atomic E-state index is 0. The van der Waals surface area contributed by atoms with Crippen molar-refractivity contribution in [2.24, 2.45) is 5.73 Å². The Kier molecular flexibility index (Phi) is 8.04. The molecule has 0 heterocycles. The van der Waals surface area contributed by atoms with Gasteiger partial charge in [0.05, 0.1) is 4.99 Å². The van der Waals surface area contributed by atoms with Crippen molar-refractivity contribution >= 4 is 23.2 Å². The van der Waals surface area contributed by atoms with Gasteiger partial charge in [-0.05, 0) is 0 Å². The standard InChI is InChI=1S/C4H7N2OS.Re/c1-2-3(8)6-4(5)7;/h1-2H2,(H3,5,6,7,8);/q-1;. The predicted octanol–water partition coefficient (Wildman–Crippen LogP) is 0.204. The normalized spacial score (nSPS) is 7.22. The molecule has 0 bridgehead atoms. The third-order valence-corrected chi connectivity index (χ3v) is 0.796. The fourth-order valence-corrected chi connectivity index (χ4v) is 0.301. The van der Waals surface area contributed by atoms with E-state index in [0.29, 0.717) is 11.4 Å². The maximum Gasteiger partial charge on any atom is 0.316 e. The summed E-state index contributed by atoms with van der Waals surface area (Å²) in [6.45, 7) is 3.43. The second kappa shape index (κ2) is 6.15. The number of nitrogens with two attached hydrogens (primary N) is 1. The molecule has 0 unspecified atom stereocenters. The van der Waals surface area contributed by atoms with Gasteiger partial charge in [-0.2, -0.15) is 0 Å². The van der Waals surface area contributed by atoms with E-state index in [1.807, 2.05) is 0 Å². The molecule has 0 rings (SSSR count). The summed E-state index contributed by atoms with van der Waals surface area (Å²) in [6, 6.07) is -0.626. The number of thiocarbonyl (C=S) groups is 1. The number of carbonyl (C=O) groups is 1. The molecule has 0 spiro atoms. The second-order valence-corrected chi connectivity index (χ2v) is 1.66. The molecule has 0 aliphatic heterocycles. The van der Waals surface area contributed by atoms with E-state index >= 15 is 0 Å². The maximum atomic E-state index is 9.96. The molecule has 5 heteroatoms. The van der Waals surface area contributed by atoms with Crippen LogP contribution in [-0.2, 0) is 20.4 Å². The van der Waals surface area contributed by atoms with E-state index < -0.39 is 6.03 Å². The monoisotopic (exact) mass is 318 g/mol. The van der Waals surface area contributed by atoms with Crippen LogP contribution in [0.2, 0.25) is 0 Å². The molecular formula is C4H7N2OReS-. The van der Waals surface area contributed by atoms with Gasteiger partial charge in [0.25, 0.3) is 0 Å². The summed E-state index contributed by atoms with van der Waals surface area (Å²) in [5.74, 6) is 0. The number of primary amides is 1. The molecule has 0 aromatic heterocycles. The van der Waals surface area contributed by atoms with Gasteiger partial charge < -0.3 is 18.0 Å². The Morgan fingerprint density at radius 2 is 2.22 bits per heavy atom. The smallest absolute Gasteiger partial charge is 0.316 e. The molecule has 3 N–H and O–H groups in total. The van der Waals surface area contributed by atoms with Crippen molar-refractivity contribution in [3.05, 3.63) is 6.92 Å². The average Bonchev–Trinajstić information content (AvgIpc) is 1.65. The van der Waals surface area contributed by atoms with Crippen molar-refractivity contribution in [3.63, 3.8) is 0 Å². The van der Waals surface area contributed by atoms with Crippen molar-refractivity contribution in [2.45, 2.75) is 6.42 Å². The predicted molar refractivity (Wildman–Crippen MR) is 35.3 cm³/mol. The number of hydrogen-bond donors (Lipinski definition) is 2. The second-order valence-electron chi connectivity index (χ2n) is 1.16. The summed E-state index contributed by atoms with van der Waals surface area (Å²) in [7, 11) is 0. The largest absolute Gasteiger partial charge is 0.351 e. The first-order valence-corrected chi connectivity index (χ1v) is 2.46. The summed E-state index contributed by atoms with van der Waals surface area (Å²) < 4.78 is 0. The number of urea groups is 1. The van der Waals surface area contributed by atoms with Gasteiger partial charge in [-0.25, -0.2) is 4.79 Å². The number of amides is 2. The van der Waals surface area contributed by atoms with Gasteiger partial charge in [-0.15, -0.1) is 6.42 Å². The number of nitrogens with one attached hydrogen (secondary N) is 1. The van der Waals surface area contributed by atoms with Gasteiger partial charge in [0.1, 0.15) is 0 Å².